The molecule has 0 saturated carbocycles. The second-order valence-corrected chi connectivity index (χ2v) is 17.4. The third kappa shape index (κ3) is 15.1. The Morgan fingerprint density at radius 2 is 0.792 bits per heavy atom. The van der Waals surface area contributed by atoms with Gasteiger partial charge in [0.05, 0.1) is 58.4 Å². The Kier molecular flexibility index (Phi) is 19.8. The minimum atomic E-state index is -1.25. The molecule has 0 aromatic heterocycles. The zero-order valence-corrected chi connectivity index (χ0v) is 40.3. The van der Waals surface area contributed by atoms with Crippen LogP contribution < -0.4 is 0 Å². The Hall–Kier alpha value is -6.36. The normalized spacial score (nSPS) is 24.0. The van der Waals surface area contributed by atoms with Crippen LogP contribution in [-0.2, 0) is 89.9 Å². The van der Waals surface area contributed by atoms with Gasteiger partial charge in [-0.3, -0.25) is 4.79 Å². The van der Waals surface area contributed by atoms with Crippen molar-refractivity contribution < 1.29 is 61.7 Å². The minimum Gasteiger partial charge on any atom is -0.454 e. The highest BCUT2D eigenvalue weighted by molar-refractivity contribution is 5.89. The van der Waals surface area contributed by atoms with Gasteiger partial charge in [0.2, 0.25) is 0 Å². The first-order valence-electron chi connectivity index (χ1n) is 24.2. The van der Waals surface area contributed by atoms with E-state index in [9.17, 15) is 9.59 Å². The first-order chi connectivity index (χ1) is 35.4. The summed E-state index contributed by atoms with van der Waals surface area (Å²) in [6.45, 7) is 6.03. The highest BCUT2D eigenvalue weighted by atomic mass is 16.8. The number of hydrogen-bond acceptors (Lipinski definition) is 13. The number of carbonyl (C=O) groups excluding carboxylic acids is 2. The van der Waals surface area contributed by atoms with Crippen LogP contribution >= 0.6 is 0 Å². The molecule has 2 fully saturated rings. The largest absolute Gasteiger partial charge is 0.454 e. The van der Waals surface area contributed by atoms with Crippen molar-refractivity contribution in [1.82, 2.24) is 0 Å². The topological polar surface area (TPSA) is 136 Å². The molecule has 13 heteroatoms. The molecule has 2 heterocycles. The summed E-state index contributed by atoms with van der Waals surface area (Å²) in [6, 6.07) is 57.3. The first kappa shape index (κ1) is 52.0. The van der Waals surface area contributed by atoms with Crippen molar-refractivity contribution in [1.29, 1.82) is 0 Å². The van der Waals surface area contributed by atoms with Gasteiger partial charge in [0.1, 0.15) is 36.6 Å². The molecule has 72 heavy (non-hydrogen) atoms. The van der Waals surface area contributed by atoms with E-state index in [2.05, 4.69) is 6.58 Å². The van der Waals surface area contributed by atoms with E-state index >= 15 is 0 Å². The van der Waals surface area contributed by atoms with Crippen molar-refractivity contribution in [2.75, 3.05) is 19.8 Å². The van der Waals surface area contributed by atoms with Gasteiger partial charge in [-0.25, -0.2) is 4.79 Å². The van der Waals surface area contributed by atoms with Crippen molar-refractivity contribution in [3.05, 3.63) is 228 Å². The summed E-state index contributed by atoms with van der Waals surface area (Å²) < 4.78 is 72.7. The second-order valence-electron chi connectivity index (χ2n) is 17.4. The van der Waals surface area contributed by atoms with Gasteiger partial charge in [-0.2, -0.15) is 0 Å². The number of rotatable bonds is 25. The maximum atomic E-state index is 13.9. The molecule has 0 N–H and O–H groups in total. The van der Waals surface area contributed by atoms with E-state index in [4.69, 9.17) is 52.1 Å². The summed E-state index contributed by atoms with van der Waals surface area (Å²) in [5.74, 6) is -1.19. The lowest BCUT2D eigenvalue weighted by Gasteiger charge is -2.47. The first-order valence-corrected chi connectivity index (χ1v) is 24.2. The molecule has 0 radical (unpaired) electrons. The highest BCUT2D eigenvalue weighted by Gasteiger charge is 2.53. The monoisotopic (exact) mass is 978 g/mol. The summed E-state index contributed by atoms with van der Waals surface area (Å²) >= 11 is 0. The maximum absolute atomic E-state index is 13.9. The molecule has 13 nitrogen and oxygen atoms in total. The van der Waals surface area contributed by atoms with Crippen LogP contribution in [0.3, 0.4) is 0 Å². The van der Waals surface area contributed by atoms with Crippen molar-refractivity contribution in [3.63, 3.8) is 0 Å². The summed E-state index contributed by atoms with van der Waals surface area (Å²) in [6.07, 6.45) is -8.55. The standard InChI is InChI=1S/C59H62O13/c1-3-34-63-58-56(72-57(61)48-32-20-9-21-33-48)54(67-39-47-30-18-8-19-31-47)52(65-37-45-26-14-6-15-27-45)50(71-58)41-68-59-55(69-42(2)60)53(66-38-46-28-16-7-17-29-46)51(64-36-44-24-12-5-13-25-44)49(70-59)40-62-35-43-22-10-4-11-23-43/h3-33,49-56,58-59H,1,34-41H2,2H3. The van der Waals surface area contributed by atoms with Crippen molar-refractivity contribution in [2.24, 2.45) is 0 Å². The lowest BCUT2D eigenvalue weighted by Crippen LogP contribution is -2.64. The summed E-state index contributed by atoms with van der Waals surface area (Å²) in [5.41, 5.74) is 4.87. The van der Waals surface area contributed by atoms with Crippen LogP contribution in [0.1, 0.15) is 45.1 Å². The van der Waals surface area contributed by atoms with E-state index in [-0.39, 0.29) is 46.2 Å². The van der Waals surface area contributed by atoms with Gasteiger partial charge in [0, 0.05) is 6.92 Å². The molecule has 2 aliphatic heterocycles. The molecule has 8 rings (SSSR count). The van der Waals surface area contributed by atoms with Gasteiger partial charge >= 0.3 is 11.9 Å². The Morgan fingerprint density at radius 3 is 1.21 bits per heavy atom. The van der Waals surface area contributed by atoms with E-state index in [1.165, 1.54) is 6.92 Å². The third-order valence-corrected chi connectivity index (χ3v) is 12.1. The van der Waals surface area contributed by atoms with Gasteiger partial charge in [-0.05, 0) is 39.9 Å². The molecule has 0 bridgehead atoms. The van der Waals surface area contributed by atoms with Crippen molar-refractivity contribution >= 4 is 11.9 Å². The van der Waals surface area contributed by atoms with Crippen LogP contribution in [0.5, 0.6) is 0 Å². The SMILES string of the molecule is C=CCOC1OC(COC2OC(COCc3ccccc3)C(OCc3ccccc3)C(OCc3ccccc3)C2OC(C)=O)C(OCc2ccccc2)C(OCc2ccccc2)C1OC(=O)c1ccccc1. The van der Waals surface area contributed by atoms with Crippen molar-refractivity contribution in [2.45, 2.75) is 101 Å². The maximum Gasteiger partial charge on any atom is 0.338 e. The van der Waals surface area contributed by atoms with Gasteiger partial charge < -0.3 is 52.1 Å². The molecule has 2 aliphatic rings. The Morgan fingerprint density at radius 1 is 0.431 bits per heavy atom. The van der Waals surface area contributed by atoms with Crippen molar-refractivity contribution in [3.8, 4) is 0 Å². The van der Waals surface area contributed by atoms with Gasteiger partial charge in [0.25, 0.3) is 0 Å². The van der Waals surface area contributed by atoms with Gasteiger partial charge in [0.15, 0.2) is 24.8 Å². The highest BCUT2D eigenvalue weighted by Crippen LogP contribution is 2.35. The molecule has 376 valence electrons. The number of hydrogen-bond donors (Lipinski definition) is 0. The van der Waals surface area contributed by atoms with E-state index in [0.29, 0.717) is 12.2 Å². The van der Waals surface area contributed by atoms with Crippen LogP contribution in [-0.4, -0.2) is 93.2 Å². The van der Waals surface area contributed by atoms with Crippen LogP contribution in [0.15, 0.2) is 195 Å². The van der Waals surface area contributed by atoms with E-state index < -0.39 is 73.4 Å². The predicted molar refractivity (Wildman–Crippen MR) is 267 cm³/mol. The predicted octanol–water partition coefficient (Wildman–Crippen LogP) is 9.37. The molecule has 10 atom stereocenters. The number of benzene rings is 6. The molecule has 6 aromatic rings. The number of carbonyl (C=O) groups is 2. The zero-order valence-electron chi connectivity index (χ0n) is 40.3. The summed E-state index contributed by atoms with van der Waals surface area (Å²) in [7, 11) is 0. The minimum absolute atomic E-state index is 0.0499. The number of esters is 2. The van der Waals surface area contributed by atoms with E-state index in [1.807, 2.05) is 158 Å². The molecule has 0 amide bonds. The van der Waals surface area contributed by atoms with E-state index in [0.717, 1.165) is 27.8 Å². The van der Waals surface area contributed by atoms with Gasteiger partial charge in [-0.1, -0.05) is 176 Å². The third-order valence-electron chi connectivity index (χ3n) is 12.1. The van der Waals surface area contributed by atoms with Crippen LogP contribution in [0.4, 0.5) is 0 Å². The summed E-state index contributed by atoms with van der Waals surface area (Å²) in [4.78, 5) is 27.1. The molecule has 0 aliphatic carbocycles. The smallest absolute Gasteiger partial charge is 0.338 e. The lowest BCUT2D eigenvalue weighted by molar-refractivity contribution is -0.344. The average Bonchev–Trinajstić information content (AvgIpc) is 3.42. The average molecular weight is 979 g/mol. The van der Waals surface area contributed by atoms with Crippen LogP contribution in [0, 0.1) is 0 Å². The Bertz CT molecular complexity index is 2500. The second kappa shape index (κ2) is 27.5. The molecule has 6 aromatic carbocycles. The zero-order chi connectivity index (χ0) is 49.7. The molecule has 0 spiro atoms. The quantitative estimate of drug-likeness (QED) is 0.0399. The van der Waals surface area contributed by atoms with Gasteiger partial charge in [-0.15, -0.1) is 6.58 Å². The summed E-state index contributed by atoms with van der Waals surface area (Å²) in [5, 5.41) is 0. The fraction of sp³-hybridized carbons (Fsp3) is 0.322. The van der Waals surface area contributed by atoms with Crippen LogP contribution in [0.25, 0.3) is 0 Å². The Labute approximate surface area is 421 Å². The Balaban J connectivity index is 1.14. The molecule has 2 saturated heterocycles. The van der Waals surface area contributed by atoms with Crippen LogP contribution in [0.2, 0.25) is 0 Å². The molecule has 10 unspecified atom stereocenters. The number of ether oxygens (including phenoxy) is 11. The molecular weight excluding hydrogens is 917 g/mol. The van der Waals surface area contributed by atoms with E-state index in [1.54, 1.807) is 30.3 Å². The fourth-order valence-electron chi connectivity index (χ4n) is 8.57. The molecular formula is C59H62O13. The fourth-order valence-corrected chi connectivity index (χ4v) is 8.57. The lowest BCUT2D eigenvalue weighted by atomic mass is 9.96.